The standard InChI is InChI=1S/C21H33N3O4S/c1-28-20-10-9-18(29(26,27)24-15-4-2-3-5-16-24)17-19(20)21(25)22-11-8-14-23-12-6-7-13-23/h9-10,17H,2-8,11-16H2,1H3,(H,22,25). The first-order chi connectivity index (χ1) is 14.0. The molecule has 2 aliphatic heterocycles. The summed E-state index contributed by atoms with van der Waals surface area (Å²) in [6.07, 6.45) is 7.24. The molecule has 0 unspecified atom stereocenters. The molecule has 0 aromatic heterocycles. The third-order valence-corrected chi connectivity index (χ3v) is 7.65. The van der Waals surface area contributed by atoms with Crippen LogP contribution in [-0.4, -0.2) is 69.9 Å². The molecule has 1 aromatic carbocycles. The van der Waals surface area contributed by atoms with Crippen LogP contribution in [0, 0.1) is 0 Å². The summed E-state index contributed by atoms with van der Waals surface area (Å²) < 4.78 is 33.0. The molecular weight excluding hydrogens is 390 g/mol. The van der Waals surface area contributed by atoms with Gasteiger partial charge in [-0.15, -0.1) is 0 Å². The van der Waals surface area contributed by atoms with E-state index in [4.69, 9.17) is 4.74 Å². The molecule has 1 N–H and O–H groups in total. The zero-order valence-corrected chi connectivity index (χ0v) is 18.2. The topological polar surface area (TPSA) is 79.0 Å². The summed E-state index contributed by atoms with van der Waals surface area (Å²) in [6, 6.07) is 4.56. The molecule has 2 aliphatic rings. The van der Waals surface area contributed by atoms with Crippen molar-refractivity contribution in [1.82, 2.24) is 14.5 Å². The number of ether oxygens (including phenoxy) is 1. The quantitative estimate of drug-likeness (QED) is 0.650. The lowest BCUT2D eigenvalue weighted by Crippen LogP contribution is -2.32. The molecule has 1 amide bonds. The van der Waals surface area contributed by atoms with E-state index >= 15 is 0 Å². The van der Waals surface area contributed by atoms with Gasteiger partial charge in [0, 0.05) is 19.6 Å². The molecule has 8 heteroatoms. The van der Waals surface area contributed by atoms with Gasteiger partial charge >= 0.3 is 0 Å². The van der Waals surface area contributed by atoms with Crippen LogP contribution in [0.3, 0.4) is 0 Å². The lowest BCUT2D eigenvalue weighted by Gasteiger charge is -2.21. The first-order valence-corrected chi connectivity index (χ1v) is 12.1. The Morgan fingerprint density at radius 1 is 1.03 bits per heavy atom. The molecule has 2 fully saturated rings. The van der Waals surface area contributed by atoms with Crippen molar-refractivity contribution in [3.05, 3.63) is 23.8 Å². The van der Waals surface area contributed by atoms with E-state index in [0.717, 1.165) is 51.7 Å². The fourth-order valence-electron chi connectivity index (χ4n) is 4.06. The minimum atomic E-state index is -3.61. The van der Waals surface area contributed by atoms with Crippen molar-refractivity contribution in [2.24, 2.45) is 0 Å². The number of benzene rings is 1. The van der Waals surface area contributed by atoms with Crippen LogP contribution >= 0.6 is 0 Å². The molecule has 7 nitrogen and oxygen atoms in total. The smallest absolute Gasteiger partial charge is 0.255 e. The predicted molar refractivity (Wildman–Crippen MR) is 113 cm³/mol. The van der Waals surface area contributed by atoms with Crippen LogP contribution in [0.1, 0.15) is 55.3 Å². The van der Waals surface area contributed by atoms with Gasteiger partial charge in [-0.1, -0.05) is 12.8 Å². The number of nitrogens with zero attached hydrogens (tertiary/aromatic N) is 2. The van der Waals surface area contributed by atoms with E-state index in [0.29, 0.717) is 25.4 Å². The Labute approximate surface area is 174 Å². The summed E-state index contributed by atoms with van der Waals surface area (Å²) in [5, 5.41) is 2.91. The summed E-state index contributed by atoms with van der Waals surface area (Å²) in [7, 11) is -2.12. The molecule has 162 valence electrons. The molecule has 2 saturated heterocycles. The minimum Gasteiger partial charge on any atom is -0.496 e. The van der Waals surface area contributed by atoms with Crippen molar-refractivity contribution >= 4 is 15.9 Å². The van der Waals surface area contributed by atoms with Gasteiger partial charge in [0.1, 0.15) is 5.75 Å². The van der Waals surface area contributed by atoms with Gasteiger partial charge in [-0.05, 0) is 69.9 Å². The highest BCUT2D eigenvalue weighted by atomic mass is 32.2. The van der Waals surface area contributed by atoms with Gasteiger partial charge in [0.2, 0.25) is 10.0 Å². The summed E-state index contributed by atoms with van der Waals surface area (Å²) in [4.78, 5) is 15.3. The minimum absolute atomic E-state index is 0.155. The first-order valence-electron chi connectivity index (χ1n) is 10.7. The highest BCUT2D eigenvalue weighted by Crippen LogP contribution is 2.26. The maximum atomic E-state index is 13.1. The first kappa shape index (κ1) is 22.1. The number of nitrogens with one attached hydrogen (secondary N) is 1. The van der Waals surface area contributed by atoms with E-state index < -0.39 is 10.0 Å². The van der Waals surface area contributed by atoms with E-state index in [-0.39, 0.29) is 16.4 Å². The maximum absolute atomic E-state index is 13.1. The van der Waals surface area contributed by atoms with Gasteiger partial charge in [0.15, 0.2) is 0 Å². The SMILES string of the molecule is COc1ccc(S(=O)(=O)N2CCCCCC2)cc1C(=O)NCCCN1CCCC1. The third kappa shape index (κ3) is 5.71. The average Bonchev–Trinajstić information content (AvgIpc) is 3.09. The van der Waals surface area contributed by atoms with Crippen LogP contribution in [0.5, 0.6) is 5.75 Å². The van der Waals surface area contributed by atoms with E-state index in [1.165, 1.54) is 32.1 Å². The van der Waals surface area contributed by atoms with Crippen molar-refractivity contribution in [2.45, 2.75) is 49.8 Å². The van der Waals surface area contributed by atoms with Crippen molar-refractivity contribution in [3.63, 3.8) is 0 Å². The second-order valence-electron chi connectivity index (χ2n) is 7.84. The molecule has 0 spiro atoms. The Balaban J connectivity index is 1.67. The lowest BCUT2D eigenvalue weighted by molar-refractivity contribution is 0.0948. The molecule has 0 saturated carbocycles. The zero-order valence-electron chi connectivity index (χ0n) is 17.4. The largest absolute Gasteiger partial charge is 0.496 e. The highest BCUT2D eigenvalue weighted by Gasteiger charge is 2.27. The Morgan fingerprint density at radius 2 is 1.69 bits per heavy atom. The lowest BCUT2D eigenvalue weighted by atomic mass is 10.2. The Bertz CT molecular complexity index is 783. The average molecular weight is 424 g/mol. The summed E-state index contributed by atoms with van der Waals surface area (Å²) in [6.45, 7) is 4.87. The Hall–Kier alpha value is -1.64. The normalized spacial score (nSPS) is 19.1. The van der Waals surface area contributed by atoms with E-state index in [1.807, 2.05) is 0 Å². The monoisotopic (exact) mass is 423 g/mol. The number of carbonyl (C=O) groups excluding carboxylic acids is 1. The molecule has 0 bridgehead atoms. The molecule has 3 rings (SSSR count). The van der Waals surface area contributed by atoms with Crippen LogP contribution < -0.4 is 10.1 Å². The Kier molecular flexibility index (Phi) is 7.91. The van der Waals surface area contributed by atoms with Gasteiger partial charge in [0.05, 0.1) is 17.6 Å². The van der Waals surface area contributed by atoms with Crippen molar-refractivity contribution in [1.29, 1.82) is 0 Å². The molecule has 2 heterocycles. The van der Waals surface area contributed by atoms with Gasteiger partial charge in [0.25, 0.3) is 5.91 Å². The molecule has 0 radical (unpaired) electrons. The fraction of sp³-hybridized carbons (Fsp3) is 0.667. The van der Waals surface area contributed by atoms with Crippen LogP contribution in [0.4, 0.5) is 0 Å². The second kappa shape index (κ2) is 10.4. The maximum Gasteiger partial charge on any atom is 0.255 e. The van der Waals surface area contributed by atoms with Crippen LogP contribution in [0.15, 0.2) is 23.1 Å². The number of hydrogen-bond donors (Lipinski definition) is 1. The van der Waals surface area contributed by atoms with E-state index in [9.17, 15) is 13.2 Å². The van der Waals surface area contributed by atoms with Crippen LogP contribution in [0.2, 0.25) is 0 Å². The molecule has 29 heavy (non-hydrogen) atoms. The molecule has 0 atom stereocenters. The highest BCUT2D eigenvalue weighted by molar-refractivity contribution is 7.89. The number of carbonyl (C=O) groups is 1. The summed E-state index contributed by atoms with van der Waals surface area (Å²) in [5.74, 6) is 0.0908. The van der Waals surface area contributed by atoms with E-state index in [2.05, 4.69) is 10.2 Å². The van der Waals surface area contributed by atoms with Gasteiger partial charge in [-0.2, -0.15) is 4.31 Å². The second-order valence-corrected chi connectivity index (χ2v) is 9.78. The third-order valence-electron chi connectivity index (χ3n) is 5.75. The number of amides is 1. The number of likely N-dealkylation sites (tertiary alicyclic amines) is 1. The van der Waals surface area contributed by atoms with E-state index in [1.54, 1.807) is 10.4 Å². The predicted octanol–water partition coefficient (Wildman–Crippen LogP) is 2.48. The zero-order chi connectivity index (χ0) is 20.7. The Morgan fingerprint density at radius 3 is 2.34 bits per heavy atom. The number of methoxy groups -OCH3 is 1. The number of hydrogen-bond acceptors (Lipinski definition) is 5. The fourth-order valence-corrected chi connectivity index (χ4v) is 5.61. The molecule has 0 aliphatic carbocycles. The summed E-state index contributed by atoms with van der Waals surface area (Å²) in [5.41, 5.74) is 0.268. The molecular formula is C21H33N3O4S. The number of sulfonamides is 1. The summed E-state index contributed by atoms with van der Waals surface area (Å²) >= 11 is 0. The van der Waals surface area contributed by atoms with Gasteiger partial charge in [-0.3, -0.25) is 4.79 Å². The van der Waals surface area contributed by atoms with Crippen molar-refractivity contribution in [2.75, 3.05) is 46.4 Å². The van der Waals surface area contributed by atoms with Crippen molar-refractivity contribution in [3.8, 4) is 5.75 Å². The van der Waals surface area contributed by atoms with Crippen molar-refractivity contribution < 1.29 is 17.9 Å². The van der Waals surface area contributed by atoms with Gasteiger partial charge < -0.3 is 15.0 Å². The van der Waals surface area contributed by atoms with Crippen LogP contribution in [-0.2, 0) is 10.0 Å². The molecule has 1 aromatic rings. The van der Waals surface area contributed by atoms with Gasteiger partial charge in [-0.25, -0.2) is 8.42 Å². The number of rotatable bonds is 8. The van der Waals surface area contributed by atoms with Crippen LogP contribution in [0.25, 0.3) is 0 Å².